The minimum absolute atomic E-state index is 0.0935. The number of rotatable bonds is 6. The monoisotopic (exact) mass is 279 g/mol. The Morgan fingerprint density at radius 2 is 2.11 bits per heavy atom. The molecule has 1 unspecified atom stereocenters. The van der Waals surface area contributed by atoms with Crippen LogP contribution in [-0.4, -0.2) is 36.2 Å². The molecule has 0 N–H and O–H groups in total. The molecule has 1 atom stereocenters. The first-order valence-corrected chi connectivity index (χ1v) is 7.83. The first kappa shape index (κ1) is 14.4. The average molecular weight is 279 g/mol. The predicted molar refractivity (Wildman–Crippen MR) is 80.7 cm³/mol. The van der Waals surface area contributed by atoms with Crippen molar-refractivity contribution in [3.63, 3.8) is 0 Å². The zero-order valence-corrected chi connectivity index (χ0v) is 12.4. The zero-order valence-electron chi connectivity index (χ0n) is 11.5. The van der Waals surface area contributed by atoms with Crippen molar-refractivity contribution in [3.05, 3.63) is 30.3 Å². The number of hydrogen-bond acceptors (Lipinski definition) is 3. The zero-order chi connectivity index (χ0) is 13.7. The molecule has 2 rings (SSSR count). The van der Waals surface area contributed by atoms with Gasteiger partial charge in [-0.3, -0.25) is 4.79 Å². The topological polar surface area (TPSA) is 29.5 Å². The van der Waals surface area contributed by atoms with Gasteiger partial charge in [-0.05, 0) is 32.4 Å². The summed E-state index contributed by atoms with van der Waals surface area (Å²) in [5, 5.41) is 0.0935. The van der Waals surface area contributed by atoms with E-state index < -0.39 is 0 Å². The maximum atomic E-state index is 12.3. The number of para-hydroxylation sites is 1. The Morgan fingerprint density at radius 1 is 1.37 bits per heavy atom. The number of thioether (sulfide) groups is 1. The molecule has 1 aliphatic rings. The second kappa shape index (κ2) is 6.96. The minimum Gasteiger partial charge on any atom is -0.378 e. The van der Waals surface area contributed by atoms with E-state index in [4.69, 9.17) is 4.74 Å². The van der Waals surface area contributed by atoms with Gasteiger partial charge in [-0.2, -0.15) is 0 Å². The van der Waals surface area contributed by atoms with E-state index in [0.717, 1.165) is 31.0 Å². The number of hydrogen-bond donors (Lipinski definition) is 0. The lowest BCUT2D eigenvalue weighted by molar-refractivity contribution is -0.116. The molecular formula is C15H21NO2S. The van der Waals surface area contributed by atoms with E-state index >= 15 is 0 Å². The second-order valence-corrected chi connectivity index (χ2v) is 6.20. The largest absolute Gasteiger partial charge is 0.378 e. The summed E-state index contributed by atoms with van der Waals surface area (Å²) in [7, 11) is 0. The Morgan fingerprint density at radius 3 is 2.79 bits per heavy atom. The van der Waals surface area contributed by atoms with Crippen molar-refractivity contribution in [1.82, 2.24) is 0 Å². The van der Waals surface area contributed by atoms with Crippen molar-refractivity contribution < 1.29 is 9.53 Å². The van der Waals surface area contributed by atoms with E-state index in [1.54, 1.807) is 11.8 Å². The number of benzene rings is 1. The van der Waals surface area contributed by atoms with Crippen molar-refractivity contribution >= 4 is 23.4 Å². The second-order valence-electron chi connectivity index (χ2n) is 4.89. The van der Waals surface area contributed by atoms with E-state index in [2.05, 4.69) is 0 Å². The lowest BCUT2D eigenvalue weighted by Crippen LogP contribution is -2.28. The first-order chi connectivity index (χ1) is 9.18. The van der Waals surface area contributed by atoms with Crippen molar-refractivity contribution in [2.45, 2.75) is 31.6 Å². The molecule has 1 fully saturated rings. The number of anilines is 1. The van der Waals surface area contributed by atoms with Crippen LogP contribution in [0.3, 0.4) is 0 Å². The Labute approximate surface area is 119 Å². The third kappa shape index (κ3) is 3.98. The fourth-order valence-corrected chi connectivity index (χ4v) is 3.17. The van der Waals surface area contributed by atoms with Crippen LogP contribution in [0.5, 0.6) is 0 Å². The molecule has 1 saturated heterocycles. The van der Waals surface area contributed by atoms with E-state index in [1.807, 2.05) is 49.1 Å². The van der Waals surface area contributed by atoms with E-state index in [0.29, 0.717) is 0 Å². The highest BCUT2D eigenvalue weighted by atomic mass is 32.2. The van der Waals surface area contributed by atoms with Gasteiger partial charge in [0.25, 0.3) is 0 Å². The van der Waals surface area contributed by atoms with Gasteiger partial charge < -0.3 is 9.64 Å². The lowest BCUT2D eigenvalue weighted by Gasteiger charge is -2.16. The van der Waals surface area contributed by atoms with Crippen molar-refractivity contribution in [2.75, 3.05) is 23.8 Å². The summed E-state index contributed by atoms with van der Waals surface area (Å²) in [6.07, 6.45) is 1.20. The van der Waals surface area contributed by atoms with Crippen molar-refractivity contribution in [2.24, 2.45) is 0 Å². The van der Waals surface area contributed by atoms with Crippen LogP contribution >= 0.6 is 11.8 Å². The van der Waals surface area contributed by atoms with Crippen LogP contribution in [0.2, 0.25) is 0 Å². The van der Waals surface area contributed by atoms with Crippen LogP contribution < -0.4 is 4.90 Å². The third-order valence-corrected chi connectivity index (χ3v) is 4.32. The van der Waals surface area contributed by atoms with Gasteiger partial charge in [0.2, 0.25) is 5.91 Å². The average Bonchev–Trinajstić information content (AvgIpc) is 2.77. The van der Waals surface area contributed by atoms with Crippen LogP contribution in [0.4, 0.5) is 5.69 Å². The number of nitrogens with zero attached hydrogens (tertiary/aromatic N) is 1. The van der Waals surface area contributed by atoms with E-state index in [-0.39, 0.29) is 17.3 Å². The highest BCUT2D eigenvalue weighted by Crippen LogP contribution is 2.28. The molecule has 4 heteroatoms. The molecule has 0 bridgehead atoms. The molecule has 19 heavy (non-hydrogen) atoms. The molecule has 1 heterocycles. The lowest BCUT2D eigenvalue weighted by atomic mass is 10.3. The number of carbonyl (C=O) groups is 1. The quantitative estimate of drug-likeness (QED) is 0.750. The summed E-state index contributed by atoms with van der Waals surface area (Å²) in [6, 6.07) is 9.90. The highest BCUT2D eigenvalue weighted by molar-refractivity contribution is 8.00. The molecule has 0 spiro atoms. The molecule has 0 saturated carbocycles. The molecular weight excluding hydrogens is 258 g/mol. The summed E-state index contributed by atoms with van der Waals surface area (Å²) in [4.78, 5) is 14.2. The van der Waals surface area contributed by atoms with Gasteiger partial charge in [-0.15, -0.1) is 11.8 Å². The van der Waals surface area contributed by atoms with Crippen molar-refractivity contribution in [1.29, 1.82) is 0 Å². The van der Waals surface area contributed by atoms with Gasteiger partial charge in [0.1, 0.15) is 0 Å². The number of ether oxygens (including phenoxy) is 1. The molecule has 0 radical (unpaired) electrons. The normalized spacial score (nSPS) is 19.4. The Kier molecular flexibility index (Phi) is 5.28. The molecule has 104 valence electrons. The summed E-state index contributed by atoms with van der Waals surface area (Å²) < 4.78 is 5.50. The molecule has 1 aromatic carbocycles. The molecule has 0 aliphatic carbocycles. The van der Waals surface area contributed by atoms with Crippen LogP contribution in [0.15, 0.2) is 30.3 Å². The third-order valence-electron chi connectivity index (χ3n) is 3.08. The van der Waals surface area contributed by atoms with Crippen LogP contribution in [0.25, 0.3) is 0 Å². The molecule has 0 aromatic heterocycles. The van der Waals surface area contributed by atoms with Crippen LogP contribution in [0, 0.1) is 0 Å². The predicted octanol–water partition coefficient (Wildman–Crippen LogP) is 2.95. The number of carbonyl (C=O) groups excluding carboxylic acids is 1. The van der Waals surface area contributed by atoms with Gasteiger partial charge in [-0.25, -0.2) is 0 Å². The maximum absolute atomic E-state index is 12.3. The minimum atomic E-state index is 0.0935. The Bertz CT molecular complexity index is 408. The molecule has 1 aliphatic heterocycles. The summed E-state index contributed by atoms with van der Waals surface area (Å²) in [5.74, 6) is 1.12. The van der Waals surface area contributed by atoms with Gasteiger partial charge in [-0.1, -0.05) is 18.2 Å². The fourth-order valence-electron chi connectivity index (χ4n) is 2.15. The van der Waals surface area contributed by atoms with E-state index in [9.17, 15) is 4.79 Å². The van der Waals surface area contributed by atoms with Crippen LogP contribution in [0.1, 0.15) is 20.3 Å². The summed E-state index contributed by atoms with van der Waals surface area (Å²) in [5.41, 5.74) is 1.01. The fraction of sp³-hybridized carbons (Fsp3) is 0.533. The Balaban J connectivity index is 1.81. The van der Waals surface area contributed by atoms with E-state index in [1.165, 1.54) is 0 Å². The van der Waals surface area contributed by atoms with Crippen LogP contribution in [-0.2, 0) is 9.53 Å². The molecule has 3 nitrogen and oxygen atoms in total. The summed E-state index contributed by atoms with van der Waals surface area (Å²) >= 11 is 1.72. The van der Waals surface area contributed by atoms with Crippen molar-refractivity contribution in [3.8, 4) is 0 Å². The number of amides is 1. The molecule has 1 amide bonds. The van der Waals surface area contributed by atoms with Gasteiger partial charge in [0, 0.05) is 18.0 Å². The SMILES string of the molecule is CC(C)OCCSC1CCN(c2ccccc2)C1=O. The first-order valence-electron chi connectivity index (χ1n) is 6.78. The summed E-state index contributed by atoms with van der Waals surface area (Å²) in [6.45, 7) is 5.61. The molecule has 1 aromatic rings. The maximum Gasteiger partial charge on any atom is 0.240 e. The van der Waals surface area contributed by atoms with Gasteiger partial charge >= 0.3 is 0 Å². The van der Waals surface area contributed by atoms with Gasteiger partial charge in [0.15, 0.2) is 0 Å². The highest BCUT2D eigenvalue weighted by Gasteiger charge is 2.32. The standard InChI is InChI=1S/C15H21NO2S/c1-12(2)18-10-11-19-14-8-9-16(15(14)17)13-6-4-3-5-7-13/h3-7,12,14H,8-11H2,1-2H3. The Hall–Kier alpha value is -1.00. The smallest absolute Gasteiger partial charge is 0.240 e. The van der Waals surface area contributed by atoms with Gasteiger partial charge in [0.05, 0.1) is 18.0 Å².